The van der Waals surface area contributed by atoms with Gasteiger partial charge in [-0.25, -0.2) is 48.1 Å². The summed E-state index contributed by atoms with van der Waals surface area (Å²) in [7, 11) is 0. The van der Waals surface area contributed by atoms with Gasteiger partial charge in [0.2, 0.25) is 0 Å². The van der Waals surface area contributed by atoms with E-state index in [1.807, 2.05) is 24.3 Å². The van der Waals surface area contributed by atoms with Gasteiger partial charge >= 0.3 is 22.9 Å². The Morgan fingerprint density at radius 3 is 1.49 bits per heavy atom. The van der Waals surface area contributed by atoms with E-state index in [0.717, 1.165) is 31.1 Å². The van der Waals surface area contributed by atoms with Crippen molar-refractivity contribution in [2.45, 2.75) is 50.9 Å². The Hall–Kier alpha value is -12.1. The quantitative estimate of drug-likeness (QED) is 0.0811. The third kappa shape index (κ3) is 10.5. The van der Waals surface area contributed by atoms with Crippen LogP contribution in [0.4, 0.5) is 11.4 Å². The molecule has 432 valence electrons. The van der Waals surface area contributed by atoms with Crippen LogP contribution in [0.15, 0.2) is 113 Å². The second kappa shape index (κ2) is 21.7. The number of benzene rings is 4. The minimum atomic E-state index is -0.692. The SMILES string of the molecule is O=C1COc2ccc(CNC(=O)c3cc(C(=O)N[C@H]4CCc5cc(-c6noc(=O)[nH]6)ccc54)n4c(=O)[nH]nc4n3)cc2N1.O=C1COc2ccc(CNC(=O)c3cc(C(=O)N[C@H]4CCc5cc(-c6noc(=O)[nH]6)ccc54)nc4n[nH]c(=O)n34)cc2N1. The molecule has 10 aromatic rings. The van der Waals surface area contributed by atoms with Crippen molar-refractivity contribution in [1.29, 1.82) is 0 Å². The van der Waals surface area contributed by atoms with Gasteiger partial charge in [0.05, 0.1) is 23.5 Å². The molecular weight excluding hydrogens is 1120 g/mol. The first kappa shape index (κ1) is 53.2. The summed E-state index contributed by atoms with van der Waals surface area (Å²) in [5.74, 6) is -2.90. The zero-order valence-corrected chi connectivity index (χ0v) is 44.2. The molecule has 2 aliphatic heterocycles. The summed E-state index contributed by atoms with van der Waals surface area (Å²) in [4.78, 5) is 137. The Morgan fingerprint density at radius 2 is 1.00 bits per heavy atom. The highest BCUT2D eigenvalue weighted by atomic mass is 16.5. The van der Waals surface area contributed by atoms with Gasteiger partial charge < -0.3 is 41.4 Å². The Morgan fingerprint density at radius 1 is 0.535 bits per heavy atom. The zero-order valence-electron chi connectivity index (χ0n) is 44.2. The topological polar surface area (TPSA) is 437 Å². The summed E-state index contributed by atoms with van der Waals surface area (Å²) in [5.41, 5.74) is 5.52. The molecule has 0 unspecified atom stereocenters. The van der Waals surface area contributed by atoms with Crippen LogP contribution in [0, 0.1) is 0 Å². The van der Waals surface area contributed by atoms with Crippen molar-refractivity contribution in [2.75, 3.05) is 23.8 Å². The molecule has 2 atom stereocenters. The molecule has 0 saturated heterocycles. The number of ether oxygens (including phenoxy) is 2. The molecule has 32 nitrogen and oxygen atoms in total. The van der Waals surface area contributed by atoms with Crippen LogP contribution in [0.1, 0.15) is 100 Å². The van der Waals surface area contributed by atoms with E-state index in [1.54, 1.807) is 48.5 Å². The predicted octanol–water partition coefficient (Wildman–Crippen LogP) is 0.878. The van der Waals surface area contributed by atoms with Gasteiger partial charge in [-0.3, -0.25) is 47.8 Å². The van der Waals surface area contributed by atoms with Gasteiger partial charge in [-0.15, -0.1) is 10.2 Å². The second-order valence-corrected chi connectivity index (χ2v) is 19.9. The number of carbonyl (C=O) groups is 6. The number of nitrogens with one attached hydrogen (secondary N) is 10. The lowest BCUT2D eigenvalue weighted by Gasteiger charge is -2.18. The number of hydrogen-bond acceptors (Lipinski definition) is 20. The standard InChI is InChI=1S/2C27H21N9O7/c37-21-11-42-20-6-1-12(7-17(20)29-21)10-28-24(39)19-9-18(31-25-33-34-26(40)36(19)25)23(38)30-16-5-3-13-8-14(2-4-15(13)16)22-32-27(41)43-35-22;37-21-11-42-20-6-1-12(7-17(20)29-21)10-28-23(38)18-9-19(36-25(31-18)33-34-26(36)40)24(39)30-16-5-3-13-8-14(2-4-15(13)16)22-32-27(41)43-35-22/h1-2,4,6-9,16H,3,5,10-11H2,(H,28,39)(H,29,37)(H,30,38)(H,34,40)(H,32,35,41);1-2,4,6-9,16H,3,5,10-11H2,(H,28,38)(H,29,37)(H,30,39)(H,34,40)(H,32,35,41)/t2*16-/m00/s1. The highest BCUT2D eigenvalue weighted by molar-refractivity contribution is 6.00. The largest absolute Gasteiger partial charge is 0.482 e. The molecule has 32 heteroatoms. The third-order valence-electron chi connectivity index (χ3n) is 14.4. The molecular formula is C54H42N18O14. The molecule has 0 fully saturated rings. The van der Waals surface area contributed by atoms with Gasteiger partial charge in [0.25, 0.3) is 47.0 Å². The molecule has 4 aliphatic rings. The maximum atomic E-state index is 13.5. The monoisotopic (exact) mass is 1170 g/mol. The first-order valence-corrected chi connectivity index (χ1v) is 26.3. The van der Waals surface area contributed by atoms with Crippen LogP contribution in [-0.2, 0) is 35.5 Å². The van der Waals surface area contributed by atoms with E-state index in [4.69, 9.17) is 9.47 Å². The number of nitrogens with zero attached hydrogens (tertiary/aromatic N) is 8. The van der Waals surface area contributed by atoms with Crippen LogP contribution >= 0.6 is 0 Å². The Bertz CT molecular complexity index is 4740. The molecule has 0 saturated carbocycles. The van der Waals surface area contributed by atoms with Crippen molar-refractivity contribution in [3.63, 3.8) is 0 Å². The van der Waals surface area contributed by atoms with Crippen LogP contribution in [-0.4, -0.2) is 108 Å². The molecule has 10 N–H and O–H groups in total. The van der Waals surface area contributed by atoms with Gasteiger partial charge in [0, 0.05) is 24.2 Å². The highest BCUT2D eigenvalue weighted by Crippen LogP contribution is 2.36. The van der Waals surface area contributed by atoms with E-state index in [9.17, 15) is 47.9 Å². The Labute approximate surface area is 477 Å². The third-order valence-corrected chi connectivity index (χ3v) is 14.4. The van der Waals surface area contributed by atoms with Crippen LogP contribution in [0.5, 0.6) is 11.5 Å². The minimum Gasteiger partial charge on any atom is -0.482 e. The van der Waals surface area contributed by atoms with Crippen molar-refractivity contribution in [3.05, 3.63) is 183 Å². The number of hydrogen-bond donors (Lipinski definition) is 10. The molecule has 4 aromatic carbocycles. The molecule has 2 aliphatic carbocycles. The van der Waals surface area contributed by atoms with E-state index in [1.165, 1.54) is 12.1 Å². The smallest absolute Gasteiger partial charge is 0.439 e. The summed E-state index contributed by atoms with van der Waals surface area (Å²) in [6.07, 6.45) is 2.53. The molecule has 14 rings (SSSR count). The number of aromatic nitrogens is 12. The zero-order chi connectivity index (χ0) is 59.3. The van der Waals surface area contributed by atoms with Crippen LogP contribution in [0.25, 0.3) is 34.3 Å². The lowest BCUT2D eigenvalue weighted by molar-refractivity contribution is -0.119. The summed E-state index contributed by atoms with van der Waals surface area (Å²) in [6, 6.07) is 22.9. The molecule has 0 radical (unpaired) electrons. The summed E-state index contributed by atoms with van der Waals surface area (Å²) in [5, 5.41) is 36.4. The van der Waals surface area contributed by atoms with Gasteiger partial charge in [0.1, 0.15) is 34.3 Å². The minimum absolute atomic E-state index is 0.0585. The highest BCUT2D eigenvalue weighted by Gasteiger charge is 2.30. The van der Waals surface area contributed by atoms with E-state index >= 15 is 0 Å². The number of amides is 6. The van der Waals surface area contributed by atoms with Crippen molar-refractivity contribution >= 4 is 58.4 Å². The maximum Gasteiger partial charge on any atom is 0.439 e. The Balaban J connectivity index is 0.000000160. The van der Waals surface area contributed by atoms with Crippen molar-refractivity contribution < 1.29 is 47.3 Å². The van der Waals surface area contributed by atoms with E-state index in [0.29, 0.717) is 82.5 Å². The molecule has 0 bridgehead atoms. The van der Waals surface area contributed by atoms with Crippen LogP contribution < -0.4 is 64.3 Å². The number of rotatable bonds is 12. The fourth-order valence-corrected chi connectivity index (χ4v) is 10.4. The fourth-order valence-electron chi connectivity index (χ4n) is 10.4. The summed E-state index contributed by atoms with van der Waals surface area (Å²) >= 11 is 0. The lowest BCUT2D eigenvalue weighted by atomic mass is 10.0. The number of aromatic amines is 4. The number of H-pyrrole nitrogens is 4. The first-order chi connectivity index (χ1) is 41.6. The Kier molecular flexibility index (Phi) is 13.4. The second-order valence-electron chi connectivity index (χ2n) is 19.9. The predicted molar refractivity (Wildman–Crippen MR) is 293 cm³/mol. The van der Waals surface area contributed by atoms with E-state index in [-0.39, 0.29) is 84.5 Å². The average Bonchev–Trinajstić information content (AvgIpc) is 2.29. The normalized spacial score (nSPS) is 15.3. The van der Waals surface area contributed by atoms with E-state index in [2.05, 4.69) is 91.6 Å². The number of carbonyl (C=O) groups excluding carboxylic acids is 6. The molecule has 8 heterocycles. The van der Waals surface area contributed by atoms with Gasteiger partial charge in [-0.1, -0.05) is 46.7 Å². The van der Waals surface area contributed by atoms with Gasteiger partial charge in [-0.05, 0) is 108 Å². The average molecular weight is 1170 g/mol. The maximum absolute atomic E-state index is 13.5. The fraction of sp³-hybridized carbons (Fsp3) is 0.185. The summed E-state index contributed by atoms with van der Waals surface area (Å²) < 4.78 is 21.8. The van der Waals surface area contributed by atoms with Crippen LogP contribution in [0.2, 0.25) is 0 Å². The number of aryl methyl sites for hydroxylation is 2. The summed E-state index contributed by atoms with van der Waals surface area (Å²) in [6.45, 7) is 0.0118. The lowest BCUT2D eigenvalue weighted by Crippen LogP contribution is -2.32. The van der Waals surface area contributed by atoms with Gasteiger partial charge in [-0.2, -0.15) is 0 Å². The first-order valence-electron chi connectivity index (χ1n) is 26.3. The van der Waals surface area contributed by atoms with Crippen molar-refractivity contribution in [2.24, 2.45) is 0 Å². The van der Waals surface area contributed by atoms with Gasteiger partial charge in [0.15, 0.2) is 24.9 Å². The molecule has 6 amide bonds. The van der Waals surface area contributed by atoms with Crippen LogP contribution in [0.3, 0.4) is 0 Å². The molecule has 86 heavy (non-hydrogen) atoms. The number of fused-ring (bicyclic) bond motifs is 6. The number of anilines is 2. The van der Waals surface area contributed by atoms with Crippen molar-refractivity contribution in [1.82, 2.24) is 80.7 Å². The molecule has 0 spiro atoms. The van der Waals surface area contributed by atoms with E-state index < -0.39 is 46.5 Å². The molecule has 6 aromatic heterocycles. The van der Waals surface area contributed by atoms with Crippen molar-refractivity contribution in [3.8, 4) is 34.3 Å².